The maximum Gasteiger partial charge on any atom is 0.261 e. The Labute approximate surface area is 148 Å². The van der Waals surface area contributed by atoms with Gasteiger partial charge in [-0.25, -0.2) is 8.42 Å². The summed E-state index contributed by atoms with van der Waals surface area (Å²) >= 11 is 0. The first-order chi connectivity index (χ1) is 11.8. The van der Waals surface area contributed by atoms with E-state index < -0.39 is 10.0 Å². The Balaban J connectivity index is 1.90. The Morgan fingerprint density at radius 1 is 1.00 bits per heavy atom. The fourth-order valence-electron chi connectivity index (χ4n) is 3.25. The van der Waals surface area contributed by atoms with E-state index in [0.29, 0.717) is 18.7 Å². The molecule has 3 rings (SSSR count). The van der Waals surface area contributed by atoms with Crippen molar-refractivity contribution in [3.8, 4) is 0 Å². The number of nitrogens with one attached hydrogen (secondary N) is 1. The van der Waals surface area contributed by atoms with Gasteiger partial charge in [0.1, 0.15) is 0 Å². The number of anilines is 2. The predicted molar refractivity (Wildman–Crippen MR) is 99.5 cm³/mol. The molecule has 0 spiro atoms. The van der Waals surface area contributed by atoms with Crippen molar-refractivity contribution in [3.63, 3.8) is 0 Å². The van der Waals surface area contributed by atoms with E-state index in [0.717, 1.165) is 28.8 Å². The van der Waals surface area contributed by atoms with Crippen LogP contribution in [0.1, 0.15) is 29.5 Å². The number of aryl methyl sites for hydroxylation is 3. The van der Waals surface area contributed by atoms with Crippen LogP contribution in [0.2, 0.25) is 0 Å². The number of nitrogens with zero attached hydrogens (tertiary/aromatic N) is 1. The van der Waals surface area contributed by atoms with Gasteiger partial charge in [-0.3, -0.25) is 9.52 Å². The van der Waals surface area contributed by atoms with Crippen molar-refractivity contribution in [2.24, 2.45) is 0 Å². The van der Waals surface area contributed by atoms with E-state index >= 15 is 0 Å². The van der Waals surface area contributed by atoms with Crippen LogP contribution in [-0.2, 0) is 14.8 Å². The van der Waals surface area contributed by atoms with Crippen molar-refractivity contribution in [1.82, 2.24) is 0 Å². The third kappa shape index (κ3) is 3.69. The molecule has 0 unspecified atom stereocenters. The molecule has 1 fully saturated rings. The van der Waals surface area contributed by atoms with Gasteiger partial charge >= 0.3 is 0 Å². The highest BCUT2D eigenvalue weighted by molar-refractivity contribution is 7.92. The van der Waals surface area contributed by atoms with Crippen LogP contribution < -0.4 is 9.62 Å². The van der Waals surface area contributed by atoms with E-state index in [4.69, 9.17) is 0 Å². The van der Waals surface area contributed by atoms with Crippen molar-refractivity contribution < 1.29 is 13.2 Å². The normalized spacial score (nSPS) is 14.8. The summed E-state index contributed by atoms with van der Waals surface area (Å²) in [4.78, 5) is 13.8. The molecule has 132 valence electrons. The van der Waals surface area contributed by atoms with Crippen molar-refractivity contribution in [2.45, 2.75) is 38.5 Å². The maximum absolute atomic E-state index is 12.7. The van der Waals surface area contributed by atoms with Gasteiger partial charge in [-0.05, 0) is 74.2 Å². The molecule has 0 atom stereocenters. The smallest absolute Gasteiger partial charge is 0.261 e. The van der Waals surface area contributed by atoms with Gasteiger partial charge in [0.2, 0.25) is 5.91 Å². The van der Waals surface area contributed by atoms with Crippen LogP contribution in [0, 0.1) is 20.8 Å². The van der Waals surface area contributed by atoms with E-state index in [-0.39, 0.29) is 10.8 Å². The molecule has 1 heterocycles. The lowest BCUT2D eigenvalue weighted by atomic mass is 10.1. The Morgan fingerprint density at radius 2 is 1.68 bits per heavy atom. The zero-order valence-electron chi connectivity index (χ0n) is 14.7. The number of hydrogen-bond acceptors (Lipinski definition) is 3. The van der Waals surface area contributed by atoms with Crippen molar-refractivity contribution in [3.05, 3.63) is 53.1 Å². The Kier molecular flexibility index (Phi) is 4.56. The Bertz CT molecular complexity index is 915. The number of carbonyl (C=O) groups excluding carboxylic acids is 1. The van der Waals surface area contributed by atoms with Crippen LogP contribution >= 0.6 is 0 Å². The fourth-order valence-corrected chi connectivity index (χ4v) is 4.37. The largest absolute Gasteiger partial charge is 0.312 e. The zero-order valence-corrected chi connectivity index (χ0v) is 15.5. The summed E-state index contributed by atoms with van der Waals surface area (Å²) in [6.07, 6.45) is 1.39. The second-order valence-corrected chi connectivity index (χ2v) is 8.26. The summed E-state index contributed by atoms with van der Waals surface area (Å²) in [7, 11) is -3.68. The molecule has 2 aromatic rings. The molecule has 1 aliphatic rings. The van der Waals surface area contributed by atoms with Gasteiger partial charge in [-0.15, -0.1) is 0 Å². The minimum atomic E-state index is -3.68. The molecule has 0 radical (unpaired) electrons. The third-order valence-corrected chi connectivity index (χ3v) is 5.70. The van der Waals surface area contributed by atoms with Gasteiger partial charge < -0.3 is 4.90 Å². The van der Waals surface area contributed by atoms with Gasteiger partial charge in [0.15, 0.2) is 0 Å². The number of amides is 1. The van der Waals surface area contributed by atoms with Crippen molar-refractivity contribution in [1.29, 1.82) is 0 Å². The summed E-state index contributed by atoms with van der Waals surface area (Å²) in [6.45, 7) is 6.37. The quantitative estimate of drug-likeness (QED) is 0.909. The molecular weight excluding hydrogens is 336 g/mol. The van der Waals surface area contributed by atoms with Gasteiger partial charge in [0.25, 0.3) is 10.0 Å². The summed E-state index contributed by atoms with van der Waals surface area (Å²) in [5.74, 6) is 0.0899. The summed E-state index contributed by atoms with van der Waals surface area (Å²) in [6, 6.07) is 10.5. The highest BCUT2D eigenvalue weighted by Gasteiger charge is 2.24. The molecule has 2 aromatic carbocycles. The number of carbonyl (C=O) groups is 1. The molecule has 5 nitrogen and oxygen atoms in total. The maximum atomic E-state index is 12.7. The van der Waals surface area contributed by atoms with Crippen LogP contribution in [0.3, 0.4) is 0 Å². The Morgan fingerprint density at radius 3 is 2.24 bits per heavy atom. The van der Waals surface area contributed by atoms with E-state index in [1.54, 1.807) is 35.2 Å². The van der Waals surface area contributed by atoms with E-state index in [2.05, 4.69) is 4.72 Å². The second kappa shape index (κ2) is 6.52. The molecule has 25 heavy (non-hydrogen) atoms. The topological polar surface area (TPSA) is 66.5 Å². The number of rotatable bonds is 4. The average molecular weight is 358 g/mol. The van der Waals surface area contributed by atoms with Gasteiger partial charge in [0, 0.05) is 24.3 Å². The lowest BCUT2D eigenvalue weighted by molar-refractivity contribution is -0.117. The lowest BCUT2D eigenvalue weighted by Gasteiger charge is -2.19. The number of hydrogen-bond donors (Lipinski definition) is 1. The Hall–Kier alpha value is -2.34. The van der Waals surface area contributed by atoms with Crippen molar-refractivity contribution >= 4 is 27.3 Å². The number of benzene rings is 2. The first kappa shape index (κ1) is 17.5. The molecule has 1 amide bonds. The first-order valence-corrected chi connectivity index (χ1v) is 9.77. The lowest BCUT2D eigenvalue weighted by Crippen LogP contribution is -2.24. The zero-order chi connectivity index (χ0) is 18.2. The highest BCUT2D eigenvalue weighted by Crippen LogP contribution is 2.28. The molecule has 0 saturated carbocycles. The van der Waals surface area contributed by atoms with Crippen LogP contribution in [-0.4, -0.2) is 20.9 Å². The van der Waals surface area contributed by atoms with E-state index in [1.807, 2.05) is 26.8 Å². The van der Waals surface area contributed by atoms with Gasteiger partial charge in [0.05, 0.1) is 4.90 Å². The summed E-state index contributed by atoms with van der Waals surface area (Å²) < 4.78 is 28.0. The molecule has 0 bridgehead atoms. The molecule has 0 aromatic heterocycles. The second-order valence-electron chi connectivity index (χ2n) is 6.58. The molecule has 1 saturated heterocycles. The van der Waals surface area contributed by atoms with Crippen molar-refractivity contribution in [2.75, 3.05) is 16.2 Å². The van der Waals surface area contributed by atoms with Gasteiger partial charge in [-0.2, -0.15) is 0 Å². The minimum absolute atomic E-state index is 0.0899. The molecule has 1 aliphatic heterocycles. The molecular formula is C19H22N2O3S. The predicted octanol–water partition coefficient (Wildman–Crippen LogP) is 3.54. The van der Waals surface area contributed by atoms with E-state index in [1.165, 1.54) is 0 Å². The SMILES string of the molecule is Cc1cc(C)cc(NS(=O)(=O)c2ccc(N3CCCC3=O)c(C)c2)c1. The minimum Gasteiger partial charge on any atom is -0.312 e. The standard InChI is InChI=1S/C19H22N2O3S/c1-13-9-14(2)11-16(10-13)20-25(23,24)17-6-7-18(15(3)12-17)21-8-4-5-19(21)22/h6-7,9-12,20H,4-5,8H2,1-3H3. The summed E-state index contributed by atoms with van der Waals surface area (Å²) in [5, 5.41) is 0. The van der Waals surface area contributed by atoms with Crippen LogP contribution in [0.5, 0.6) is 0 Å². The van der Waals surface area contributed by atoms with Crippen LogP contribution in [0.25, 0.3) is 0 Å². The van der Waals surface area contributed by atoms with Crippen LogP contribution in [0.4, 0.5) is 11.4 Å². The monoisotopic (exact) mass is 358 g/mol. The fraction of sp³-hybridized carbons (Fsp3) is 0.316. The van der Waals surface area contributed by atoms with Gasteiger partial charge in [-0.1, -0.05) is 6.07 Å². The molecule has 0 aliphatic carbocycles. The van der Waals surface area contributed by atoms with Crippen LogP contribution in [0.15, 0.2) is 41.3 Å². The molecule has 1 N–H and O–H groups in total. The summed E-state index contributed by atoms with van der Waals surface area (Å²) in [5.41, 5.74) is 4.11. The average Bonchev–Trinajstić information content (AvgIpc) is 2.91. The first-order valence-electron chi connectivity index (χ1n) is 8.28. The number of sulfonamides is 1. The van der Waals surface area contributed by atoms with E-state index in [9.17, 15) is 13.2 Å². The highest BCUT2D eigenvalue weighted by atomic mass is 32.2. The third-order valence-electron chi connectivity index (χ3n) is 4.32. The molecule has 6 heteroatoms.